The maximum absolute atomic E-state index is 13.0. The van der Waals surface area contributed by atoms with E-state index in [4.69, 9.17) is 51.1 Å². The van der Waals surface area contributed by atoms with Crippen LogP contribution < -0.4 is 9.64 Å². The quantitative estimate of drug-likeness (QED) is 0.0943. The van der Waals surface area contributed by atoms with Crippen molar-refractivity contribution in [3.05, 3.63) is 55.5 Å². The normalized spacial score (nSPS) is 13.0. The van der Waals surface area contributed by atoms with Crippen LogP contribution in [0.4, 0.5) is 5.69 Å². The molecule has 31 heavy (non-hydrogen) atoms. The molecule has 1 aliphatic heterocycles. The number of imide groups is 1. The number of ether oxygens (including phenoxy) is 1. The minimum absolute atomic E-state index is 0.100. The summed E-state index contributed by atoms with van der Waals surface area (Å²) in [5.41, 5.74) is -0.0140. The fraction of sp³-hybridized carbons (Fsp3) is 0.318. The summed E-state index contributed by atoms with van der Waals surface area (Å²) in [6, 6.07) is 6.12. The second-order valence-corrected chi connectivity index (χ2v) is 8.60. The van der Waals surface area contributed by atoms with Crippen LogP contribution in [0, 0.1) is 0 Å². The lowest BCUT2D eigenvalue weighted by Gasteiger charge is -2.15. The van der Waals surface area contributed by atoms with Gasteiger partial charge in [-0.1, -0.05) is 85.1 Å². The van der Waals surface area contributed by atoms with Crippen molar-refractivity contribution in [1.82, 2.24) is 0 Å². The molecule has 9 heteroatoms. The van der Waals surface area contributed by atoms with Crippen molar-refractivity contribution in [2.24, 2.45) is 0 Å². The highest BCUT2D eigenvalue weighted by molar-refractivity contribution is 6.56. The molecule has 0 aliphatic carbocycles. The number of fused-ring (bicyclic) bond motifs is 1. The molecule has 2 aromatic carbocycles. The maximum Gasteiger partial charge on any atom is 0.311 e. The Morgan fingerprint density at radius 3 is 2.03 bits per heavy atom. The van der Waals surface area contributed by atoms with Crippen LogP contribution in [0.5, 0.6) is 5.75 Å². The first-order valence-corrected chi connectivity index (χ1v) is 11.3. The minimum Gasteiger partial charge on any atom is -0.426 e. The number of hydrogen-bond donors (Lipinski definition) is 0. The van der Waals surface area contributed by atoms with Gasteiger partial charge in [-0.3, -0.25) is 14.4 Å². The highest BCUT2D eigenvalue weighted by Gasteiger charge is 2.42. The number of unbranched alkanes of at least 4 members (excludes halogenated alkanes) is 4. The Hall–Kier alpha value is -1.79. The smallest absolute Gasteiger partial charge is 0.311 e. The van der Waals surface area contributed by atoms with Crippen LogP contribution in [-0.4, -0.2) is 17.8 Å². The van der Waals surface area contributed by atoms with Gasteiger partial charge < -0.3 is 4.74 Å². The molecule has 0 fully saturated rings. The van der Waals surface area contributed by atoms with Gasteiger partial charge in [-0.05, 0) is 18.6 Å². The summed E-state index contributed by atoms with van der Waals surface area (Å²) in [7, 11) is 0. The Labute approximate surface area is 200 Å². The molecule has 164 valence electrons. The van der Waals surface area contributed by atoms with E-state index >= 15 is 0 Å². The van der Waals surface area contributed by atoms with Crippen molar-refractivity contribution in [1.29, 1.82) is 0 Å². The van der Waals surface area contributed by atoms with E-state index in [1.165, 1.54) is 12.1 Å². The second-order valence-electron chi connectivity index (χ2n) is 7.09. The molecule has 0 unspecified atom stereocenters. The standard InChI is InChI=1S/C22H19Cl4NO4/c1-2-3-4-5-6-10-14(28)31-13-9-7-8-12(11-13)27-21(29)15-16(22(27)30)18(24)20(26)19(25)17(15)23/h7-9,11H,2-6,10H2,1H3. The van der Waals surface area contributed by atoms with Crippen LogP contribution in [0.25, 0.3) is 0 Å². The van der Waals surface area contributed by atoms with Crippen molar-refractivity contribution in [2.75, 3.05) is 4.90 Å². The van der Waals surface area contributed by atoms with Crippen molar-refractivity contribution in [2.45, 2.75) is 45.4 Å². The van der Waals surface area contributed by atoms with Crippen molar-refractivity contribution in [3.63, 3.8) is 0 Å². The zero-order chi connectivity index (χ0) is 22.7. The largest absolute Gasteiger partial charge is 0.426 e. The fourth-order valence-electron chi connectivity index (χ4n) is 3.33. The zero-order valence-corrected chi connectivity index (χ0v) is 19.7. The van der Waals surface area contributed by atoms with E-state index in [1.54, 1.807) is 12.1 Å². The number of rotatable bonds is 8. The first kappa shape index (κ1) is 23.9. The van der Waals surface area contributed by atoms with Crippen LogP contribution >= 0.6 is 46.4 Å². The van der Waals surface area contributed by atoms with Gasteiger partial charge in [0.1, 0.15) is 5.75 Å². The van der Waals surface area contributed by atoms with Crippen molar-refractivity contribution >= 4 is 69.9 Å². The molecule has 0 saturated heterocycles. The van der Waals surface area contributed by atoms with Gasteiger partial charge in [0.25, 0.3) is 11.8 Å². The molecule has 0 N–H and O–H groups in total. The van der Waals surface area contributed by atoms with Gasteiger partial charge in [0.15, 0.2) is 0 Å². The lowest BCUT2D eigenvalue weighted by atomic mass is 10.1. The first-order chi connectivity index (χ1) is 14.8. The zero-order valence-electron chi connectivity index (χ0n) is 16.6. The van der Waals surface area contributed by atoms with E-state index in [1.807, 2.05) is 0 Å². The molecule has 5 nitrogen and oxygen atoms in total. The van der Waals surface area contributed by atoms with Gasteiger partial charge in [0.05, 0.1) is 36.9 Å². The lowest BCUT2D eigenvalue weighted by Crippen LogP contribution is -2.29. The number of benzene rings is 2. The summed E-state index contributed by atoms with van der Waals surface area (Å²) < 4.78 is 5.37. The monoisotopic (exact) mass is 501 g/mol. The minimum atomic E-state index is -0.690. The SMILES string of the molecule is CCCCCCCC(=O)Oc1cccc(N2C(=O)c3c(Cl)c(Cl)c(Cl)c(Cl)c3C2=O)c1. The molecule has 1 heterocycles. The number of esters is 1. The summed E-state index contributed by atoms with van der Waals surface area (Å²) in [6.45, 7) is 2.13. The first-order valence-electron chi connectivity index (χ1n) is 9.83. The molecular weight excluding hydrogens is 484 g/mol. The highest BCUT2D eigenvalue weighted by atomic mass is 35.5. The number of anilines is 1. The average molecular weight is 503 g/mol. The lowest BCUT2D eigenvalue weighted by molar-refractivity contribution is -0.134. The molecule has 0 spiro atoms. The maximum atomic E-state index is 13.0. The van der Waals surface area contributed by atoms with Crippen LogP contribution in [0.3, 0.4) is 0 Å². The number of hydrogen-bond acceptors (Lipinski definition) is 4. The van der Waals surface area contributed by atoms with Gasteiger partial charge in [-0.15, -0.1) is 0 Å². The number of carbonyl (C=O) groups is 3. The Balaban J connectivity index is 1.79. The highest BCUT2D eigenvalue weighted by Crippen LogP contribution is 2.45. The van der Waals surface area contributed by atoms with E-state index in [0.29, 0.717) is 6.42 Å². The Morgan fingerprint density at radius 2 is 1.45 bits per heavy atom. The number of amides is 2. The Bertz CT molecular complexity index is 1010. The summed E-state index contributed by atoms with van der Waals surface area (Å²) in [4.78, 5) is 38.9. The molecule has 2 amide bonds. The molecule has 0 saturated carbocycles. The summed E-state index contributed by atoms with van der Waals surface area (Å²) in [6.07, 6.45) is 5.35. The van der Waals surface area contributed by atoms with Crippen LogP contribution in [0.1, 0.15) is 66.2 Å². The third-order valence-corrected chi connectivity index (χ3v) is 6.70. The number of halogens is 4. The van der Waals surface area contributed by atoms with Crippen molar-refractivity contribution < 1.29 is 19.1 Å². The third kappa shape index (κ3) is 4.85. The van der Waals surface area contributed by atoms with Crippen LogP contribution in [0.15, 0.2) is 24.3 Å². The van der Waals surface area contributed by atoms with E-state index in [-0.39, 0.29) is 48.6 Å². The van der Waals surface area contributed by atoms with Crippen molar-refractivity contribution in [3.8, 4) is 5.75 Å². The summed E-state index contributed by atoms with van der Waals surface area (Å²) >= 11 is 24.4. The van der Waals surface area contributed by atoms with Gasteiger partial charge in [-0.25, -0.2) is 4.90 Å². The second kappa shape index (κ2) is 10.2. The van der Waals surface area contributed by atoms with Crippen LogP contribution in [-0.2, 0) is 4.79 Å². The Kier molecular flexibility index (Phi) is 7.87. The van der Waals surface area contributed by atoms with Gasteiger partial charge >= 0.3 is 5.97 Å². The van der Waals surface area contributed by atoms with Gasteiger partial charge in [-0.2, -0.15) is 0 Å². The third-order valence-electron chi connectivity index (χ3n) is 4.89. The molecule has 3 rings (SSSR count). The fourth-order valence-corrected chi connectivity index (χ4v) is 4.34. The molecule has 2 aromatic rings. The topological polar surface area (TPSA) is 63.7 Å². The van der Waals surface area contributed by atoms with E-state index < -0.39 is 11.8 Å². The summed E-state index contributed by atoms with van der Waals surface area (Å²) in [5, 5.41) is -0.483. The Morgan fingerprint density at radius 1 is 0.871 bits per heavy atom. The predicted molar refractivity (Wildman–Crippen MR) is 123 cm³/mol. The molecule has 0 atom stereocenters. The van der Waals surface area contributed by atoms with E-state index in [9.17, 15) is 14.4 Å². The van der Waals surface area contributed by atoms with Gasteiger partial charge in [0, 0.05) is 12.5 Å². The average Bonchev–Trinajstić information content (AvgIpc) is 3.01. The van der Waals surface area contributed by atoms with Gasteiger partial charge in [0.2, 0.25) is 0 Å². The van der Waals surface area contributed by atoms with Crippen LogP contribution in [0.2, 0.25) is 20.1 Å². The molecule has 0 radical (unpaired) electrons. The molecule has 1 aliphatic rings. The number of carbonyl (C=O) groups excluding carboxylic acids is 3. The molecular formula is C22H19Cl4NO4. The molecule has 0 bridgehead atoms. The summed E-state index contributed by atoms with van der Waals surface area (Å²) in [5.74, 6) is -1.53. The number of nitrogens with zero attached hydrogens (tertiary/aromatic N) is 1. The van der Waals surface area contributed by atoms with E-state index in [2.05, 4.69) is 6.92 Å². The molecule has 0 aromatic heterocycles. The predicted octanol–water partition coefficient (Wildman–Crippen LogP) is 7.37. The van der Waals surface area contributed by atoms with E-state index in [0.717, 1.165) is 37.0 Å².